The number of aryl methyl sites for hydroxylation is 1. The number of benzene rings is 2. The number of methoxy groups -OCH3 is 2. The summed E-state index contributed by atoms with van der Waals surface area (Å²) in [4.78, 5) is 30.5. The molecule has 1 heterocycles. The third-order valence-electron chi connectivity index (χ3n) is 5.71. The number of anilines is 1. The van der Waals surface area contributed by atoms with Crippen LogP contribution in [0, 0.1) is 0 Å². The first-order valence-electron chi connectivity index (χ1n) is 10.8. The number of rotatable bonds is 6. The molecule has 3 aromatic rings. The molecule has 1 aromatic heterocycles. The number of fused-ring (bicyclic) bond motifs is 2. The number of esters is 1. The van der Waals surface area contributed by atoms with Gasteiger partial charge in [-0.25, -0.2) is 4.79 Å². The number of para-hydroxylation sites is 1. The lowest BCUT2D eigenvalue weighted by atomic mass is 9.97. The highest BCUT2D eigenvalue weighted by Crippen LogP contribution is 2.36. The maximum atomic E-state index is 13.2. The Bertz CT molecular complexity index is 1210. The number of hydrogen-bond acceptors (Lipinski definition) is 6. The second kappa shape index (κ2) is 10.1. The number of halogens is 1. The summed E-state index contributed by atoms with van der Waals surface area (Å²) >= 11 is 6.16. The van der Waals surface area contributed by atoms with E-state index in [-0.39, 0.29) is 0 Å². The minimum absolute atomic E-state index is 0.316. The molecular formula is C25H25ClN2O5. The summed E-state index contributed by atoms with van der Waals surface area (Å²) in [5.41, 5.74) is 3.50. The molecule has 0 radical (unpaired) electrons. The molecule has 7 nitrogen and oxygen atoms in total. The molecule has 1 amide bonds. The van der Waals surface area contributed by atoms with Gasteiger partial charge in [0.1, 0.15) is 11.5 Å². The van der Waals surface area contributed by atoms with Crippen molar-refractivity contribution in [1.29, 1.82) is 0 Å². The fourth-order valence-corrected chi connectivity index (χ4v) is 4.37. The van der Waals surface area contributed by atoms with Crippen molar-refractivity contribution in [2.75, 3.05) is 26.1 Å². The molecule has 0 aliphatic heterocycles. The quantitative estimate of drug-likeness (QED) is 0.406. The molecule has 0 saturated carbocycles. The Morgan fingerprint density at radius 3 is 2.58 bits per heavy atom. The molecule has 33 heavy (non-hydrogen) atoms. The minimum atomic E-state index is -0.526. The van der Waals surface area contributed by atoms with Gasteiger partial charge in [-0.2, -0.15) is 0 Å². The second-order valence-electron chi connectivity index (χ2n) is 7.80. The van der Waals surface area contributed by atoms with Crippen LogP contribution in [0.4, 0.5) is 5.69 Å². The fourth-order valence-electron chi connectivity index (χ4n) is 4.13. The van der Waals surface area contributed by atoms with Crippen LogP contribution < -0.4 is 14.8 Å². The van der Waals surface area contributed by atoms with Gasteiger partial charge in [0, 0.05) is 17.1 Å². The number of aromatic nitrogens is 1. The molecule has 0 unspecified atom stereocenters. The number of nitrogens with one attached hydrogen (secondary N) is 1. The third kappa shape index (κ3) is 4.88. The molecule has 0 saturated heterocycles. The van der Waals surface area contributed by atoms with Gasteiger partial charge in [0.15, 0.2) is 6.61 Å². The summed E-state index contributed by atoms with van der Waals surface area (Å²) in [6, 6.07) is 10.6. The van der Waals surface area contributed by atoms with E-state index in [1.165, 1.54) is 20.3 Å². The van der Waals surface area contributed by atoms with Gasteiger partial charge in [0.2, 0.25) is 0 Å². The molecule has 8 heteroatoms. The van der Waals surface area contributed by atoms with Crippen LogP contribution in [0.15, 0.2) is 36.4 Å². The van der Waals surface area contributed by atoms with Crippen LogP contribution in [0.2, 0.25) is 5.02 Å². The van der Waals surface area contributed by atoms with Crippen molar-refractivity contribution in [2.45, 2.75) is 32.1 Å². The number of amides is 1. The lowest BCUT2D eigenvalue weighted by molar-refractivity contribution is -0.119. The van der Waals surface area contributed by atoms with Crippen molar-refractivity contribution in [2.24, 2.45) is 0 Å². The summed E-state index contributed by atoms with van der Waals surface area (Å²) in [6.07, 6.45) is 4.73. The van der Waals surface area contributed by atoms with Gasteiger partial charge in [0.25, 0.3) is 5.91 Å². The summed E-state index contributed by atoms with van der Waals surface area (Å²) in [6.45, 7) is -0.447. The van der Waals surface area contributed by atoms with Crippen molar-refractivity contribution in [3.05, 3.63) is 58.2 Å². The Balaban J connectivity index is 1.55. The molecule has 0 bridgehead atoms. The summed E-state index contributed by atoms with van der Waals surface area (Å²) in [5, 5.41) is 3.74. The smallest absolute Gasteiger partial charge is 0.339 e. The monoisotopic (exact) mass is 468 g/mol. The van der Waals surface area contributed by atoms with Gasteiger partial charge in [-0.1, -0.05) is 36.2 Å². The predicted octanol–water partition coefficient (Wildman–Crippen LogP) is 4.97. The lowest BCUT2D eigenvalue weighted by Gasteiger charge is -2.15. The maximum Gasteiger partial charge on any atom is 0.339 e. The van der Waals surface area contributed by atoms with Gasteiger partial charge in [0.05, 0.1) is 36.0 Å². The summed E-state index contributed by atoms with van der Waals surface area (Å²) in [7, 11) is 2.96. The number of carbonyl (C=O) groups is 2. The molecular weight excluding hydrogens is 444 g/mol. The zero-order chi connectivity index (χ0) is 23.4. The highest BCUT2D eigenvalue weighted by Gasteiger charge is 2.23. The van der Waals surface area contributed by atoms with E-state index >= 15 is 0 Å². The van der Waals surface area contributed by atoms with Crippen LogP contribution in [0.3, 0.4) is 0 Å². The predicted molar refractivity (Wildman–Crippen MR) is 126 cm³/mol. The average Bonchev–Trinajstić information content (AvgIpc) is 3.06. The van der Waals surface area contributed by atoms with Crippen molar-refractivity contribution in [1.82, 2.24) is 4.98 Å². The standard InChI is InChI=1S/C25H25ClN2O5/c1-31-21-13-22(32-2)20(12-17(21)26)28-23(29)14-33-25(30)24-15-8-4-3-5-10-18(15)27-19-11-7-6-9-16(19)24/h6-7,9,11-13H,3-5,8,10,14H2,1-2H3,(H,28,29). The van der Waals surface area contributed by atoms with Crippen LogP contribution in [0.1, 0.15) is 40.9 Å². The molecule has 0 fully saturated rings. The molecule has 2 aromatic carbocycles. The third-order valence-corrected chi connectivity index (χ3v) is 6.00. The highest BCUT2D eigenvalue weighted by molar-refractivity contribution is 6.32. The van der Waals surface area contributed by atoms with E-state index < -0.39 is 18.5 Å². The number of hydrogen-bond donors (Lipinski definition) is 1. The number of nitrogens with zero attached hydrogens (tertiary/aromatic N) is 1. The Morgan fingerprint density at radius 2 is 1.79 bits per heavy atom. The van der Waals surface area contributed by atoms with E-state index in [1.807, 2.05) is 24.3 Å². The first-order valence-corrected chi connectivity index (χ1v) is 11.2. The minimum Gasteiger partial charge on any atom is -0.495 e. The topological polar surface area (TPSA) is 86.8 Å². The summed E-state index contributed by atoms with van der Waals surface area (Å²) in [5.74, 6) is -0.237. The molecule has 1 N–H and O–H groups in total. The van der Waals surface area contributed by atoms with E-state index in [9.17, 15) is 9.59 Å². The Labute approximate surface area is 197 Å². The zero-order valence-electron chi connectivity index (χ0n) is 18.6. The Morgan fingerprint density at radius 1 is 1.03 bits per heavy atom. The second-order valence-corrected chi connectivity index (χ2v) is 8.21. The summed E-state index contributed by atoms with van der Waals surface area (Å²) < 4.78 is 15.9. The number of pyridine rings is 1. The molecule has 1 aliphatic carbocycles. The molecule has 0 atom stereocenters. The van der Waals surface area contributed by atoms with Gasteiger partial charge in [-0.3, -0.25) is 9.78 Å². The van der Waals surface area contributed by atoms with Crippen LogP contribution in [-0.2, 0) is 22.4 Å². The van der Waals surface area contributed by atoms with Crippen LogP contribution in [0.5, 0.6) is 11.5 Å². The van der Waals surface area contributed by atoms with Gasteiger partial charge in [-0.05, 0) is 43.4 Å². The SMILES string of the molecule is COc1cc(OC)c(NC(=O)COC(=O)c2c3c(nc4ccccc24)CCCCC3)cc1Cl. The maximum absolute atomic E-state index is 13.2. The highest BCUT2D eigenvalue weighted by atomic mass is 35.5. The van der Waals surface area contributed by atoms with Crippen LogP contribution in [-0.4, -0.2) is 37.7 Å². The Kier molecular flexibility index (Phi) is 6.99. The van der Waals surface area contributed by atoms with Crippen molar-refractivity contribution in [3.63, 3.8) is 0 Å². The zero-order valence-corrected chi connectivity index (χ0v) is 19.3. The first kappa shape index (κ1) is 22.9. The van der Waals surface area contributed by atoms with Gasteiger partial charge >= 0.3 is 5.97 Å². The van der Waals surface area contributed by atoms with Crippen molar-refractivity contribution >= 4 is 40.1 Å². The normalized spacial score (nSPS) is 13.1. The first-order chi connectivity index (χ1) is 16.0. The number of ether oxygens (including phenoxy) is 3. The van der Waals surface area contributed by atoms with E-state index in [2.05, 4.69) is 5.32 Å². The number of carbonyl (C=O) groups excluding carboxylic acids is 2. The van der Waals surface area contributed by atoms with E-state index in [4.69, 9.17) is 30.8 Å². The van der Waals surface area contributed by atoms with E-state index in [0.717, 1.165) is 54.3 Å². The van der Waals surface area contributed by atoms with Crippen molar-refractivity contribution in [3.8, 4) is 11.5 Å². The molecule has 0 spiro atoms. The van der Waals surface area contributed by atoms with E-state index in [0.29, 0.717) is 27.8 Å². The Hall–Kier alpha value is -3.32. The van der Waals surface area contributed by atoms with Crippen LogP contribution in [0.25, 0.3) is 10.9 Å². The lowest BCUT2D eigenvalue weighted by Crippen LogP contribution is -2.22. The largest absolute Gasteiger partial charge is 0.495 e. The fraction of sp³-hybridized carbons (Fsp3) is 0.320. The van der Waals surface area contributed by atoms with Crippen molar-refractivity contribution < 1.29 is 23.8 Å². The molecule has 1 aliphatic rings. The van der Waals surface area contributed by atoms with Gasteiger partial charge in [-0.15, -0.1) is 0 Å². The van der Waals surface area contributed by atoms with E-state index in [1.54, 1.807) is 6.07 Å². The molecule has 4 rings (SSSR count). The van der Waals surface area contributed by atoms with Crippen LogP contribution >= 0.6 is 11.6 Å². The van der Waals surface area contributed by atoms with Gasteiger partial charge < -0.3 is 19.5 Å². The molecule has 172 valence electrons. The average molecular weight is 469 g/mol.